The maximum atomic E-state index is 11.6. The number of hydrogen-bond acceptors (Lipinski definition) is 3. The second-order valence-corrected chi connectivity index (χ2v) is 8.05. The molecule has 0 aliphatic rings. The molecule has 0 atom stereocenters. The molecule has 128 valence electrons. The maximum absolute atomic E-state index is 11.6. The van der Waals surface area contributed by atoms with E-state index in [-0.39, 0.29) is 16.7 Å². The molecule has 24 heavy (non-hydrogen) atoms. The van der Waals surface area contributed by atoms with E-state index in [0.29, 0.717) is 11.1 Å². The van der Waals surface area contributed by atoms with E-state index < -0.39 is 5.97 Å². The summed E-state index contributed by atoms with van der Waals surface area (Å²) in [6.07, 6.45) is 0.916. The number of aromatic carboxylic acids is 1. The standard InChI is InChI=1S/C20H24O3S/c1-13-16(24-11-10-14-8-6-5-7-9-14)12-15(20(2,3)4)18(21)17(13)19(22)23/h5-9,12,21H,10-11H2,1-4H3,(H,22,23). The number of rotatable bonds is 5. The summed E-state index contributed by atoms with van der Waals surface area (Å²) in [5, 5.41) is 19.9. The molecule has 0 amide bonds. The van der Waals surface area contributed by atoms with E-state index in [4.69, 9.17) is 0 Å². The monoisotopic (exact) mass is 344 g/mol. The van der Waals surface area contributed by atoms with Crippen LogP contribution in [0.2, 0.25) is 0 Å². The molecule has 0 spiro atoms. The van der Waals surface area contributed by atoms with Crippen molar-refractivity contribution in [3.8, 4) is 5.75 Å². The summed E-state index contributed by atoms with van der Waals surface area (Å²) in [5.41, 5.74) is 2.26. The number of phenols is 1. The Morgan fingerprint density at radius 1 is 1.17 bits per heavy atom. The Hall–Kier alpha value is -1.94. The highest BCUT2D eigenvalue weighted by Crippen LogP contribution is 2.39. The van der Waals surface area contributed by atoms with Gasteiger partial charge in [0.1, 0.15) is 11.3 Å². The molecule has 0 aliphatic heterocycles. The van der Waals surface area contributed by atoms with Gasteiger partial charge in [0.2, 0.25) is 0 Å². The zero-order chi connectivity index (χ0) is 17.9. The van der Waals surface area contributed by atoms with Gasteiger partial charge < -0.3 is 10.2 Å². The Morgan fingerprint density at radius 3 is 2.33 bits per heavy atom. The van der Waals surface area contributed by atoms with E-state index in [1.807, 2.05) is 45.0 Å². The third kappa shape index (κ3) is 4.12. The molecule has 0 aromatic heterocycles. The molecule has 0 bridgehead atoms. The highest BCUT2D eigenvalue weighted by Gasteiger charge is 2.26. The van der Waals surface area contributed by atoms with Gasteiger partial charge in [-0.2, -0.15) is 0 Å². The molecule has 0 heterocycles. The normalized spacial score (nSPS) is 11.5. The molecule has 2 aromatic carbocycles. The first-order valence-electron chi connectivity index (χ1n) is 7.99. The van der Waals surface area contributed by atoms with E-state index >= 15 is 0 Å². The zero-order valence-electron chi connectivity index (χ0n) is 14.6. The molecule has 0 aliphatic carbocycles. The molecular formula is C20H24O3S. The third-order valence-corrected chi connectivity index (χ3v) is 5.17. The van der Waals surface area contributed by atoms with Crippen LogP contribution in [0.5, 0.6) is 5.75 Å². The van der Waals surface area contributed by atoms with Crippen LogP contribution in [-0.2, 0) is 11.8 Å². The van der Waals surface area contributed by atoms with Crippen molar-refractivity contribution < 1.29 is 15.0 Å². The summed E-state index contributed by atoms with van der Waals surface area (Å²) < 4.78 is 0. The third-order valence-electron chi connectivity index (χ3n) is 4.02. The minimum Gasteiger partial charge on any atom is -0.507 e. The molecule has 2 aromatic rings. The van der Waals surface area contributed by atoms with Crippen LogP contribution in [0.15, 0.2) is 41.3 Å². The van der Waals surface area contributed by atoms with Gasteiger partial charge in [-0.3, -0.25) is 0 Å². The highest BCUT2D eigenvalue weighted by molar-refractivity contribution is 7.99. The predicted octanol–water partition coefficient (Wildman–Crippen LogP) is 5.03. The molecule has 2 rings (SSSR count). The Labute approximate surface area is 147 Å². The largest absolute Gasteiger partial charge is 0.507 e. The van der Waals surface area contributed by atoms with Crippen LogP contribution in [0.4, 0.5) is 0 Å². The lowest BCUT2D eigenvalue weighted by atomic mass is 9.84. The minimum absolute atomic E-state index is 0.0182. The second kappa shape index (κ2) is 7.31. The number of benzene rings is 2. The number of aryl methyl sites for hydroxylation is 1. The van der Waals surface area contributed by atoms with Crippen LogP contribution < -0.4 is 0 Å². The van der Waals surface area contributed by atoms with Gasteiger partial charge in [-0.1, -0.05) is 51.1 Å². The number of hydrogen-bond donors (Lipinski definition) is 2. The molecule has 0 radical (unpaired) electrons. The van der Waals surface area contributed by atoms with E-state index in [0.717, 1.165) is 17.1 Å². The van der Waals surface area contributed by atoms with Gasteiger partial charge in [-0.25, -0.2) is 4.79 Å². The van der Waals surface area contributed by atoms with Crippen LogP contribution in [0.3, 0.4) is 0 Å². The first kappa shape index (κ1) is 18.4. The lowest BCUT2D eigenvalue weighted by molar-refractivity contribution is 0.0692. The van der Waals surface area contributed by atoms with E-state index in [1.165, 1.54) is 5.56 Å². The van der Waals surface area contributed by atoms with Crippen LogP contribution in [0.1, 0.15) is 47.8 Å². The van der Waals surface area contributed by atoms with Crippen LogP contribution in [0.25, 0.3) is 0 Å². The number of carboxylic acids is 1. The smallest absolute Gasteiger partial charge is 0.339 e. The van der Waals surface area contributed by atoms with Crippen molar-refractivity contribution in [2.45, 2.75) is 44.4 Å². The average Bonchev–Trinajstić information content (AvgIpc) is 2.49. The van der Waals surface area contributed by atoms with Gasteiger partial charge in [0.05, 0.1) is 0 Å². The van der Waals surface area contributed by atoms with E-state index in [1.54, 1.807) is 18.7 Å². The summed E-state index contributed by atoms with van der Waals surface area (Å²) in [7, 11) is 0. The zero-order valence-corrected chi connectivity index (χ0v) is 15.4. The first-order valence-corrected chi connectivity index (χ1v) is 8.97. The fourth-order valence-electron chi connectivity index (χ4n) is 2.65. The summed E-state index contributed by atoms with van der Waals surface area (Å²) in [5.74, 6) is -0.334. The Bertz CT molecular complexity index is 731. The van der Waals surface area contributed by atoms with Crippen LogP contribution in [0, 0.1) is 6.92 Å². The van der Waals surface area contributed by atoms with Crippen molar-refractivity contribution in [2.75, 3.05) is 5.75 Å². The van der Waals surface area contributed by atoms with Crippen molar-refractivity contribution in [3.63, 3.8) is 0 Å². The first-order chi connectivity index (χ1) is 11.2. The maximum Gasteiger partial charge on any atom is 0.339 e. The van der Waals surface area contributed by atoms with Crippen molar-refractivity contribution >= 4 is 17.7 Å². The molecular weight excluding hydrogens is 320 g/mol. The Morgan fingerprint density at radius 2 is 1.79 bits per heavy atom. The molecule has 0 saturated heterocycles. The Balaban J connectivity index is 2.32. The molecule has 4 heteroatoms. The fourth-order valence-corrected chi connectivity index (χ4v) is 3.73. The van der Waals surface area contributed by atoms with Crippen molar-refractivity contribution in [1.29, 1.82) is 0 Å². The SMILES string of the molecule is Cc1c(SCCc2ccccc2)cc(C(C)(C)C)c(O)c1C(=O)O. The predicted molar refractivity (Wildman–Crippen MR) is 99.4 cm³/mol. The number of thioether (sulfide) groups is 1. The van der Waals surface area contributed by atoms with Crippen LogP contribution in [-0.4, -0.2) is 21.9 Å². The second-order valence-electron chi connectivity index (χ2n) is 6.91. The van der Waals surface area contributed by atoms with Gasteiger partial charge in [-0.15, -0.1) is 11.8 Å². The summed E-state index contributed by atoms with van der Waals surface area (Å²) in [4.78, 5) is 12.5. The lowest BCUT2D eigenvalue weighted by Gasteiger charge is -2.24. The molecule has 0 unspecified atom stereocenters. The van der Waals surface area contributed by atoms with Gasteiger partial charge in [0, 0.05) is 16.2 Å². The number of carboxylic acid groups (broad SMARTS) is 1. The topological polar surface area (TPSA) is 57.5 Å². The van der Waals surface area contributed by atoms with Gasteiger partial charge in [0.15, 0.2) is 0 Å². The van der Waals surface area contributed by atoms with Gasteiger partial charge in [0.25, 0.3) is 0 Å². The van der Waals surface area contributed by atoms with Crippen LogP contribution >= 0.6 is 11.8 Å². The molecule has 2 N–H and O–H groups in total. The fraction of sp³-hybridized carbons (Fsp3) is 0.350. The quantitative estimate of drug-likeness (QED) is 0.747. The molecule has 3 nitrogen and oxygen atoms in total. The summed E-state index contributed by atoms with van der Waals surface area (Å²) >= 11 is 1.64. The van der Waals surface area contributed by atoms with Gasteiger partial charge >= 0.3 is 5.97 Å². The lowest BCUT2D eigenvalue weighted by Crippen LogP contribution is -2.15. The molecule has 0 saturated carbocycles. The molecule has 0 fully saturated rings. The minimum atomic E-state index is -1.08. The van der Waals surface area contributed by atoms with E-state index in [2.05, 4.69) is 12.1 Å². The number of carbonyl (C=O) groups is 1. The van der Waals surface area contributed by atoms with E-state index in [9.17, 15) is 15.0 Å². The van der Waals surface area contributed by atoms with Crippen molar-refractivity contribution in [3.05, 3.63) is 58.7 Å². The number of aromatic hydroxyl groups is 1. The summed E-state index contributed by atoms with van der Waals surface area (Å²) in [6.45, 7) is 7.69. The average molecular weight is 344 g/mol. The summed E-state index contributed by atoms with van der Waals surface area (Å²) in [6, 6.07) is 12.2. The van der Waals surface area contributed by atoms with Gasteiger partial charge in [-0.05, 0) is 36.0 Å². The van der Waals surface area contributed by atoms with Crippen molar-refractivity contribution in [2.24, 2.45) is 0 Å². The Kier molecular flexibility index (Phi) is 5.60. The van der Waals surface area contributed by atoms with Crippen molar-refractivity contribution in [1.82, 2.24) is 0 Å². The highest BCUT2D eigenvalue weighted by atomic mass is 32.2.